The number of hydrogen-bond donors (Lipinski definition) is 1. The number of likely N-dealkylation sites (N-methyl/N-ethyl adjacent to an activating group) is 1. The molecule has 0 aliphatic rings. The van der Waals surface area contributed by atoms with Gasteiger partial charge in [0, 0.05) is 12.8 Å². The molecule has 47 heavy (non-hydrogen) atoms. The maximum atomic E-state index is 12.6. The van der Waals surface area contributed by atoms with Crippen molar-refractivity contribution in [3.05, 3.63) is 48.6 Å². The van der Waals surface area contributed by atoms with E-state index in [-0.39, 0.29) is 32.0 Å². The van der Waals surface area contributed by atoms with Gasteiger partial charge < -0.3 is 18.9 Å². The average Bonchev–Trinajstić information content (AvgIpc) is 3.01. The second kappa shape index (κ2) is 30.1. The molecule has 0 aromatic rings. The molecule has 272 valence electrons. The molecule has 10 heteroatoms. The molecule has 0 spiro atoms. The molecule has 9 nitrogen and oxygen atoms in total. The third kappa shape index (κ3) is 33.7. The minimum absolute atomic E-state index is 0.0253. The zero-order valence-corrected chi connectivity index (χ0v) is 31.1. The van der Waals surface area contributed by atoms with Crippen LogP contribution in [0.1, 0.15) is 123 Å². The van der Waals surface area contributed by atoms with Crippen LogP contribution in [0.25, 0.3) is 0 Å². The zero-order valence-electron chi connectivity index (χ0n) is 30.2. The number of phosphoric ester groups is 1. The summed E-state index contributed by atoms with van der Waals surface area (Å²) in [7, 11) is 1.45. The minimum Gasteiger partial charge on any atom is -0.462 e. The Morgan fingerprint density at radius 3 is 1.81 bits per heavy atom. The van der Waals surface area contributed by atoms with Gasteiger partial charge in [-0.2, -0.15) is 0 Å². The van der Waals surface area contributed by atoms with Crippen LogP contribution in [0, 0.1) is 0 Å². The fourth-order valence-corrected chi connectivity index (χ4v) is 5.12. The molecular formula is C37H67NO8P+. The van der Waals surface area contributed by atoms with Crippen molar-refractivity contribution in [2.45, 2.75) is 129 Å². The number of esters is 2. The number of phosphoric acid groups is 1. The van der Waals surface area contributed by atoms with Crippen molar-refractivity contribution in [1.29, 1.82) is 0 Å². The first-order valence-corrected chi connectivity index (χ1v) is 19.4. The lowest BCUT2D eigenvalue weighted by Crippen LogP contribution is -2.37. The fourth-order valence-electron chi connectivity index (χ4n) is 4.37. The summed E-state index contributed by atoms with van der Waals surface area (Å²) >= 11 is 0. The van der Waals surface area contributed by atoms with Crippen LogP contribution < -0.4 is 0 Å². The van der Waals surface area contributed by atoms with E-state index >= 15 is 0 Å². The lowest BCUT2D eigenvalue weighted by molar-refractivity contribution is -0.870. The summed E-state index contributed by atoms with van der Waals surface area (Å²) in [5.41, 5.74) is 0. The first kappa shape index (κ1) is 45.0. The largest absolute Gasteiger partial charge is 0.472 e. The summed E-state index contributed by atoms with van der Waals surface area (Å²) in [6.07, 6.45) is 31.7. The second-order valence-corrected chi connectivity index (χ2v) is 14.4. The van der Waals surface area contributed by atoms with Crippen molar-refractivity contribution < 1.29 is 42.1 Å². The Morgan fingerprint density at radius 2 is 1.21 bits per heavy atom. The molecule has 0 aromatic carbocycles. The molecule has 0 saturated carbocycles. The normalized spacial score (nSPS) is 14.4. The second-order valence-electron chi connectivity index (χ2n) is 13.0. The Kier molecular flexibility index (Phi) is 28.8. The number of quaternary nitrogens is 1. The van der Waals surface area contributed by atoms with Crippen LogP contribution in [0.5, 0.6) is 0 Å². The molecule has 0 heterocycles. The van der Waals surface area contributed by atoms with Crippen molar-refractivity contribution in [3.63, 3.8) is 0 Å². The Hall–Kier alpha value is -2.03. The molecule has 1 unspecified atom stereocenters. The van der Waals surface area contributed by atoms with Gasteiger partial charge in [-0.3, -0.25) is 18.6 Å². The van der Waals surface area contributed by atoms with E-state index in [1.54, 1.807) is 0 Å². The number of allylic oxidation sites excluding steroid dienone is 8. The van der Waals surface area contributed by atoms with Crippen LogP contribution in [0.4, 0.5) is 0 Å². The summed E-state index contributed by atoms with van der Waals surface area (Å²) in [5.74, 6) is -0.837. The quantitative estimate of drug-likeness (QED) is 0.0253. The standard InChI is InChI=1S/C37H66NO8P/c1-6-8-10-12-14-16-17-18-19-20-21-22-24-26-28-30-37(40)46-35(34-45-47(41,42)44-32-31-38(3,4)5)33-43-36(39)29-27-25-23-15-13-11-9-7-2/h8,10,12,14,16-19,35H,6-7,9,11,13,15,20-34H2,1-5H3/p+1/b10-8+,14-12+,17-16+,19-18+/t35-/m1/s1. The predicted molar refractivity (Wildman–Crippen MR) is 192 cm³/mol. The van der Waals surface area contributed by atoms with Gasteiger partial charge in [-0.25, -0.2) is 4.57 Å². The number of hydrogen-bond acceptors (Lipinski definition) is 7. The summed E-state index contributed by atoms with van der Waals surface area (Å²) in [5, 5.41) is 0. The van der Waals surface area contributed by atoms with Crippen LogP contribution in [-0.4, -0.2) is 74.9 Å². The lowest BCUT2D eigenvalue weighted by Gasteiger charge is -2.24. The van der Waals surface area contributed by atoms with E-state index in [9.17, 15) is 19.0 Å². The molecule has 0 fully saturated rings. The van der Waals surface area contributed by atoms with E-state index in [0.717, 1.165) is 57.8 Å². The Bertz CT molecular complexity index is 954. The summed E-state index contributed by atoms with van der Waals surface area (Å²) < 4.78 is 34.0. The van der Waals surface area contributed by atoms with E-state index in [0.29, 0.717) is 17.4 Å². The lowest BCUT2D eigenvalue weighted by atomic mass is 10.1. The van der Waals surface area contributed by atoms with Crippen molar-refractivity contribution in [3.8, 4) is 0 Å². The molecule has 0 rings (SSSR count). The van der Waals surface area contributed by atoms with Gasteiger partial charge in [0.25, 0.3) is 0 Å². The molecule has 0 saturated heterocycles. The van der Waals surface area contributed by atoms with Gasteiger partial charge in [0.15, 0.2) is 6.10 Å². The minimum atomic E-state index is -4.37. The molecule has 2 atom stereocenters. The van der Waals surface area contributed by atoms with E-state index in [1.165, 1.54) is 32.1 Å². The number of carbonyl (C=O) groups is 2. The monoisotopic (exact) mass is 684 g/mol. The highest BCUT2D eigenvalue weighted by molar-refractivity contribution is 7.47. The van der Waals surface area contributed by atoms with Crippen LogP contribution in [0.15, 0.2) is 48.6 Å². The summed E-state index contributed by atoms with van der Waals surface area (Å²) in [6, 6.07) is 0. The van der Waals surface area contributed by atoms with Crippen molar-refractivity contribution in [2.24, 2.45) is 0 Å². The van der Waals surface area contributed by atoms with Crippen LogP contribution in [0.2, 0.25) is 0 Å². The van der Waals surface area contributed by atoms with E-state index < -0.39 is 26.5 Å². The van der Waals surface area contributed by atoms with Crippen molar-refractivity contribution >= 4 is 19.8 Å². The molecule has 0 aromatic heterocycles. The van der Waals surface area contributed by atoms with E-state index in [4.69, 9.17) is 18.5 Å². The number of ether oxygens (including phenoxy) is 2. The maximum Gasteiger partial charge on any atom is 0.472 e. The molecule has 0 bridgehead atoms. The first-order valence-electron chi connectivity index (χ1n) is 17.9. The van der Waals surface area contributed by atoms with Crippen molar-refractivity contribution in [2.75, 3.05) is 47.5 Å². The van der Waals surface area contributed by atoms with Gasteiger partial charge in [-0.1, -0.05) is 127 Å². The van der Waals surface area contributed by atoms with Gasteiger partial charge in [0.05, 0.1) is 27.7 Å². The van der Waals surface area contributed by atoms with E-state index in [2.05, 4.69) is 32.1 Å². The van der Waals surface area contributed by atoms with Gasteiger partial charge >= 0.3 is 19.8 Å². The van der Waals surface area contributed by atoms with Crippen molar-refractivity contribution in [1.82, 2.24) is 0 Å². The zero-order chi connectivity index (χ0) is 35.1. The van der Waals surface area contributed by atoms with Gasteiger partial charge in [0.1, 0.15) is 19.8 Å². The molecule has 0 aliphatic heterocycles. The Labute approximate surface area is 286 Å². The Morgan fingerprint density at radius 1 is 0.681 bits per heavy atom. The number of rotatable bonds is 31. The summed E-state index contributed by atoms with van der Waals surface area (Å²) in [4.78, 5) is 35.0. The topological polar surface area (TPSA) is 108 Å². The number of unbranched alkanes of at least 4 members (excludes halogenated alkanes) is 12. The first-order chi connectivity index (χ1) is 22.5. The van der Waals surface area contributed by atoms with Crippen LogP contribution in [-0.2, 0) is 32.7 Å². The third-order valence-corrected chi connectivity index (χ3v) is 8.20. The maximum absolute atomic E-state index is 12.6. The van der Waals surface area contributed by atoms with Crippen LogP contribution >= 0.6 is 7.82 Å². The van der Waals surface area contributed by atoms with Gasteiger partial charge in [-0.05, 0) is 32.1 Å². The summed E-state index contributed by atoms with van der Waals surface area (Å²) in [6.45, 7) is 4.18. The SMILES string of the molecule is CC/C=C/C=C/C=C/C=C/CCCCCCCC(=O)O[C@H](COC(=O)CCCCCCCCCC)COP(=O)(O)OCC[N+](C)(C)C. The predicted octanol–water partition coefficient (Wildman–Crippen LogP) is 9.18. The van der Waals surface area contributed by atoms with E-state index in [1.807, 2.05) is 51.5 Å². The van der Waals surface area contributed by atoms with Gasteiger partial charge in [-0.15, -0.1) is 0 Å². The highest BCUT2D eigenvalue weighted by Gasteiger charge is 2.27. The highest BCUT2D eigenvalue weighted by Crippen LogP contribution is 2.43. The number of nitrogens with zero attached hydrogens (tertiary/aromatic N) is 1. The number of carbonyl (C=O) groups excluding carboxylic acids is 2. The fraction of sp³-hybridized carbons (Fsp3) is 0.730. The average molecular weight is 685 g/mol. The third-order valence-electron chi connectivity index (χ3n) is 7.22. The van der Waals surface area contributed by atoms with Gasteiger partial charge in [0.2, 0.25) is 0 Å². The molecule has 0 radical (unpaired) electrons. The Balaban J connectivity index is 4.51. The molecule has 0 aliphatic carbocycles. The molecule has 1 N–H and O–H groups in total. The smallest absolute Gasteiger partial charge is 0.462 e. The molecule has 0 amide bonds. The highest BCUT2D eigenvalue weighted by atomic mass is 31.2. The molecular weight excluding hydrogens is 617 g/mol. The van der Waals surface area contributed by atoms with Crippen LogP contribution in [0.3, 0.4) is 0 Å².